The van der Waals surface area contributed by atoms with Gasteiger partial charge in [-0.3, -0.25) is 14.6 Å². The number of alkyl halides is 3. The van der Waals surface area contributed by atoms with E-state index in [0.717, 1.165) is 65.0 Å². The average molecular weight is 693 g/mol. The number of fused-ring (bicyclic) bond motifs is 1. The molecule has 1 atom stereocenters. The van der Waals surface area contributed by atoms with E-state index in [-0.39, 0.29) is 31.0 Å². The molecule has 3 heterocycles. The average Bonchev–Trinajstić information content (AvgIpc) is 3.56. The van der Waals surface area contributed by atoms with E-state index < -0.39 is 29.4 Å². The van der Waals surface area contributed by atoms with Crippen LogP contribution in [0.4, 0.5) is 24.5 Å². The zero-order chi connectivity index (χ0) is 35.6. The Bertz CT molecular complexity index is 1760. The highest BCUT2D eigenvalue weighted by Crippen LogP contribution is 2.37. The minimum Gasteiger partial charge on any atom is -0.497 e. The molecule has 4 N–H and O–H groups in total. The molecule has 1 saturated heterocycles. The number of methoxy groups -OCH3 is 1. The van der Waals surface area contributed by atoms with Gasteiger partial charge in [0.2, 0.25) is 5.91 Å². The number of allylic oxidation sites excluding steroid dienone is 3. The van der Waals surface area contributed by atoms with Crippen molar-refractivity contribution >= 4 is 29.0 Å². The second-order valence-corrected chi connectivity index (χ2v) is 12.8. The smallest absolute Gasteiger partial charge is 0.433 e. The number of piperazine rings is 1. The molecule has 4 aliphatic rings. The maximum Gasteiger partial charge on any atom is 0.433 e. The lowest BCUT2D eigenvalue weighted by Gasteiger charge is -2.36. The number of halogens is 3. The number of ether oxygens (including phenoxy) is 1. The minimum absolute atomic E-state index is 0.165. The van der Waals surface area contributed by atoms with E-state index in [9.17, 15) is 22.8 Å². The predicted octanol–water partition coefficient (Wildman–Crippen LogP) is 3.67. The number of hydrogen-bond acceptors (Lipinski definition) is 9. The van der Waals surface area contributed by atoms with E-state index in [0.29, 0.717) is 24.5 Å². The SMILES string of the molecule is CCC(=O)NC1C=C(Cc2cc3c(cc2C)C(N2CCNCC2)=NCN3C)C=C(NC(=O)C2=C(C(F)(F)F)N(c3ccc(OC)cc3)NC2)C1. The van der Waals surface area contributed by atoms with Crippen molar-refractivity contribution in [3.8, 4) is 5.75 Å². The topological polar surface area (TPSA) is 114 Å². The molecule has 0 bridgehead atoms. The largest absolute Gasteiger partial charge is 0.497 e. The van der Waals surface area contributed by atoms with Crippen LogP contribution in [0.15, 0.2) is 76.1 Å². The molecule has 6 rings (SSSR count). The Labute approximate surface area is 289 Å². The molecule has 1 unspecified atom stereocenters. The van der Waals surface area contributed by atoms with Crippen LogP contribution in [0.1, 0.15) is 36.5 Å². The Morgan fingerprint density at radius 1 is 1.12 bits per heavy atom. The molecular weight excluding hydrogens is 649 g/mol. The van der Waals surface area contributed by atoms with Gasteiger partial charge in [0.05, 0.1) is 24.4 Å². The lowest BCUT2D eigenvalue weighted by molar-refractivity contribution is -0.121. The number of aliphatic imine (C=N–C) groups is 1. The van der Waals surface area contributed by atoms with Crippen LogP contribution < -0.4 is 36.0 Å². The first-order valence-electron chi connectivity index (χ1n) is 16.8. The third-order valence-corrected chi connectivity index (χ3v) is 9.30. The van der Waals surface area contributed by atoms with Gasteiger partial charge < -0.3 is 30.5 Å². The molecule has 0 saturated carbocycles. The van der Waals surface area contributed by atoms with Gasteiger partial charge in [-0.25, -0.2) is 10.4 Å². The van der Waals surface area contributed by atoms with Gasteiger partial charge in [0.15, 0.2) is 0 Å². The summed E-state index contributed by atoms with van der Waals surface area (Å²) >= 11 is 0. The molecule has 0 aromatic heterocycles. The lowest BCUT2D eigenvalue weighted by Crippen LogP contribution is -2.48. The van der Waals surface area contributed by atoms with Crippen LogP contribution >= 0.6 is 0 Å². The normalized spacial score (nSPS) is 19.5. The summed E-state index contributed by atoms with van der Waals surface area (Å²) in [4.78, 5) is 35.3. The molecule has 50 heavy (non-hydrogen) atoms. The van der Waals surface area contributed by atoms with Gasteiger partial charge >= 0.3 is 6.18 Å². The summed E-state index contributed by atoms with van der Waals surface area (Å²) in [5.41, 5.74) is 6.94. The summed E-state index contributed by atoms with van der Waals surface area (Å²) in [6.45, 7) is 7.61. The molecule has 0 spiro atoms. The molecule has 2 aromatic carbocycles. The first-order valence-corrected chi connectivity index (χ1v) is 16.8. The monoisotopic (exact) mass is 692 g/mol. The van der Waals surface area contributed by atoms with E-state index in [1.807, 2.05) is 13.1 Å². The number of nitrogens with one attached hydrogen (secondary N) is 4. The lowest BCUT2D eigenvalue weighted by atomic mass is 9.91. The highest BCUT2D eigenvalue weighted by Gasteiger charge is 2.46. The van der Waals surface area contributed by atoms with Crippen LogP contribution in [0.25, 0.3) is 0 Å². The van der Waals surface area contributed by atoms with Crippen LogP contribution in [0, 0.1) is 6.92 Å². The molecule has 2 amide bonds. The van der Waals surface area contributed by atoms with Crippen molar-refractivity contribution in [1.29, 1.82) is 0 Å². The van der Waals surface area contributed by atoms with Crippen molar-refractivity contribution < 1.29 is 27.5 Å². The molecule has 1 fully saturated rings. The number of nitrogens with zero attached hydrogens (tertiary/aromatic N) is 4. The number of amidine groups is 1. The van der Waals surface area contributed by atoms with Crippen molar-refractivity contribution in [2.24, 2.45) is 4.99 Å². The van der Waals surface area contributed by atoms with Crippen LogP contribution in [0.3, 0.4) is 0 Å². The fourth-order valence-electron chi connectivity index (χ4n) is 6.72. The second kappa shape index (κ2) is 14.6. The number of aryl methyl sites for hydroxylation is 1. The third kappa shape index (κ3) is 7.50. The number of amides is 2. The fourth-order valence-corrected chi connectivity index (χ4v) is 6.72. The van der Waals surface area contributed by atoms with Gasteiger partial charge in [-0.2, -0.15) is 13.2 Å². The third-order valence-electron chi connectivity index (χ3n) is 9.30. The molecule has 266 valence electrons. The maximum absolute atomic E-state index is 14.5. The Hall–Kier alpha value is -4.82. The number of benzene rings is 2. The van der Waals surface area contributed by atoms with Crippen LogP contribution in [0.5, 0.6) is 5.75 Å². The van der Waals surface area contributed by atoms with Crippen molar-refractivity contribution in [3.05, 3.63) is 87.8 Å². The highest BCUT2D eigenvalue weighted by atomic mass is 19.4. The zero-order valence-corrected chi connectivity index (χ0v) is 28.7. The quantitative estimate of drug-likeness (QED) is 0.332. The van der Waals surface area contributed by atoms with Gasteiger partial charge in [0, 0.05) is 69.6 Å². The summed E-state index contributed by atoms with van der Waals surface area (Å²) in [6, 6.07) is 9.96. The predicted molar refractivity (Wildman–Crippen MR) is 187 cm³/mol. The number of carbonyl (C=O) groups is 2. The van der Waals surface area contributed by atoms with Gasteiger partial charge in [-0.1, -0.05) is 13.0 Å². The second-order valence-electron chi connectivity index (χ2n) is 12.8. The van der Waals surface area contributed by atoms with E-state index in [2.05, 4.69) is 50.2 Å². The minimum atomic E-state index is -4.81. The number of hydrazine groups is 1. The van der Waals surface area contributed by atoms with Crippen LogP contribution in [0.2, 0.25) is 0 Å². The zero-order valence-electron chi connectivity index (χ0n) is 28.7. The number of rotatable bonds is 8. The van der Waals surface area contributed by atoms with Crippen LogP contribution in [-0.2, 0) is 16.0 Å². The first kappa shape index (κ1) is 35.0. The molecule has 0 radical (unpaired) electrons. The van der Waals surface area contributed by atoms with E-state index in [1.165, 1.54) is 19.2 Å². The molecular formula is C36H43F3N8O3. The van der Waals surface area contributed by atoms with Gasteiger partial charge in [-0.15, -0.1) is 0 Å². The van der Waals surface area contributed by atoms with E-state index in [4.69, 9.17) is 9.73 Å². The van der Waals surface area contributed by atoms with Gasteiger partial charge in [-0.05, 0) is 72.5 Å². The highest BCUT2D eigenvalue weighted by molar-refractivity contribution is 6.05. The van der Waals surface area contributed by atoms with Crippen molar-refractivity contribution in [1.82, 2.24) is 26.3 Å². The molecule has 14 heteroatoms. The fraction of sp³-hybridized carbons (Fsp3) is 0.417. The molecule has 2 aromatic rings. The summed E-state index contributed by atoms with van der Waals surface area (Å²) in [6.07, 6.45) is -0.0578. The molecule has 3 aliphatic heterocycles. The van der Waals surface area contributed by atoms with Crippen molar-refractivity contribution in [3.63, 3.8) is 0 Å². The van der Waals surface area contributed by atoms with E-state index >= 15 is 0 Å². The Kier molecular flexibility index (Phi) is 10.2. The summed E-state index contributed by atoms with van der Waals surface area (Å²) in [5.74, 6) is 0.465. The van der Waals surface area contributed by atoms with Gasteiger partial charge in [0.25, 0.3) is 5.91 Å². The van der Waals surface area contributed by atoms with Crippen LogP contribution in [-0.4, -0.2) is 88.3 Å². The Morgan fingerprint density at radius 2 is 1.86 bits per heavy atom. The van der Waals surface area contributed by atoms with Crippen molar-refractivity contribution in [2.45, 2.75) is 45.3 Å². The van der Waals surface area contributed by atoms with Crippen molar-refractivity contribution in [2.75, 3.05) is 63.5 Å². The summed E-state index contributed by atoms with van der Waals surface area (Å²) < 4.78 is 48.5. The van der Waals surface area contributed by atoms with E-state index in [1.54, 1.807) is 25.1 Å². The number of anilines is 2. The molecule has 11 nitrogen and oxygen atoms in total. The Morgan fingerprint density at radius 3 is 2.54 bits per heavy atom. The molecule has 1 aliphatic carbocycles. The summed E-state index contributed by atoms with van der Waals surface area (Å²) in [5, 5.41) is 10.0. The van der Waals surface area contributed by atoms with Gasteiger partial charge in [0.1, 0.15) is 24.0 Å². The standard InChI is InChI=1S/C36H43F3N8O3/c1-5-32(48)43-25-16-23(15-24-18-31-29(14-22(24)2)34(41-21-45(31)3)46-12-10-40-11-13-46)17-26(19-25)44-35(49)30-20-42-47(33(30)36(37,38)39)27-6-8-28(50-4)9-7-27/h6-9,14,16-18,25,40,42H,5,10-13,15,19-21H2,1-4H3,(H,43,48)(H,44,49). The number of carbonyl (C=O) groups excluding carboxylic acids is 2. The first-order chi connectivity index (χ1) is 23.9. The maximum atomic E-state index is 14.5. The summed E-state index contributed by atoms with van der Waals surface area (Å²) in [7, 11) is 3.48. The number of hydrogen-bond donors (Lipinski definition) is 4. The Balaban J connectivity index is 1.27.